The predicted octanol–water partition coefficient (Wildman–Crippen LogP) is 2.38. The van der Waals surface area contributed by atoms with Crippen molar-refractivity contribution in [2.24, 2.45) is 5.73 Å². The van der Waals surface area contributed by atoms with E-state index in [9.17, 15) is 13.2 Å². The lowest BCUT2D eigenvalue weighted by Crippen LogP contribution is -2.52. The highest BCUT2D eigenvalue weighted by molar-refractivity contribution is 4.83. The van der Waals surface area contributed by atoms with Crippen LogP contribution in [0.15, 0.2) is 0 Å². The Balaban J connectivity index is 4.84. The van der Waals surface area contributed by atoms with Gasteiger partial charge in [-0.2, -0.15) is 13.2 Å². The van der Waals surface area contributed by atoms with Gasteiger partial charge in [0.1, 0.15) is 6.04 Å². The largest absolute Gasteiger partial charge is 0.404 e. The molecule has 2 N–H and O–H groups in total. The van der Waals surface area contributed by atoms with Crippen molar-refractivity contribution in [1.29, 1.82) is 0 Å². The van der Waals surface area contributed by atoms with Gasteiger partial charge in [0.05, 0.1) is 0 Å². The van der Waals surface area contributed by atoms with Gasteiger partial charge in [-0.1, -0.05) is 0 Å². The Labute approximate surface area is 89.6 Å². The second-order valence-electron chi connectivity index (χ2n) is 4.27. The van der Waals surface area contributed by atoms with E-state index in [1.165, 1.54) is 4.90 Å². The second kappa shape index (κ2) is 5.70. The van der Waals surface area contributed by atoms with Crippen molar-refractivity contribution in [3.8, 4) is 0 Å². The van der Waals surface area contributed by atoms with Crippen LogP contribution in [0.5, 0.6) is 0 Å². The van der Waals surface area contributed by atoms with E-state index in [4.69, 9.17) is 5.73 Å². The van der Waals surface area contributed by atoms with Gasteiger partial charge < -0.3 is 5.73 Å². The Hall–Kier alpha value is -0.290. The van der Waals surface area contributed by atoms with Gasteiger partial charge in [-0.05, 0) is 40.7 Å². The van der Waals surface area contributed by atoms with Gasteiger partial charge in [0.15, 0.2) is 0 Å². The molecule has 0 amide bonds. The molecule has 15 heavy (non-hydrogen) atoms. The summed E-state index contributed by atoms with van der Waals surface area (Å²) in [5, 5.41) is 0. The quantitative estimate of drug-likeness (QED) is 0.780. The fourth-order valence-electron chi connectivity index (χ4n) is 1.96. The fourth-order valence-corrected chi connectivity index (χ4v) is 1.96. The fraction of sp³-hybridized carbons (Fsp3) is 1.00. The molecule has 92 valence electrons. The molecule has 0 bridgehead atoms. The standard InChI is InChI=1S/C10H21F3N2/c1-7(2)15(8(3)4)9(5-6-14)10(11,12)13/h7-9H,5-6,14H2,1-4H3. The van der Waals surface area contributed by atoms with E-state index < -0.39 is 12.2 Å². The monoisotopic (exact) mass is 226 g/mol. The van der Waals surface area contributed by atoms with Gasteiger partial charge in [0.2, 0.25) is 0 Å². The minimum atomic E-state index is -4.20. The van der Waals surface area contributed by atoms with Gasteiger partial charge >= 0.3 is 6.18 Å². The zero-order chi connectivity index (χ0) is 12.2. The summed E-state index contributed by atoms with van der Waals surface area (Å²) in [5.41, 5.74) is 5.24. The molecule has 0 aliphatic carbocycles. The molecule has 0 radical (unpaired) electrons. The lowest BCUT2D eigenvalue weighted by Gasteiger charge is -2.39. The summed E-state index contributed by atoms with van der Waals surface area (Å²) in [6, 6.07) is -1.70. The van der Waals surface area contributed by atoms with Crippen LogP contribution in [0.4, 0.5) is 13.2 Å². The molecule has 1 atom stereocenters. The topological polar surface area (TPSA) is 29.3 Å². The molecule has 0 aromatic carbocycles. The molecule has 0 aliphatic rings. The average molecular weight is 226 g/mol. The van der Waals surface area contributed by atoms with Gasteiger partial charge in [-0.15, -0.1) is 0 Å². The van der Waals surface area contributed by atoms with Gasteiger partial charge in [0.25, 0.3) is 0 Å². The molecular weight excluding hydrogens is 205 g/mol. The van der Waals surface area contributed by atoms with Crippen molar-refractivity contribution in [3.05, 3.63) is 0 Å². The molecule has 0 heterocycles. The van der Waals surface area contributed by atoms with Gasteiger partial charge in [-0.3, -0.25) is 4.90 Å². The zero-order valence-corrected chi connectivity index (χ0v) is 9.80. The predicted molar refractivity (Wildman–Crippen MR) is 55.6 cm³/mol. The molecular formula is C10H21F3N2. The first-order chi connectivity index (χ1) is 6.71. The van der Waals surface area contributed by atoms with E-state index in [0.717, 1.165) is 0 Å². The van der Waals surface area contributed by atoms with Crippen LogP contribution < -0.4 is 5.73 Å². The Morgan fingerprint density at radius 3 is 1.67 bits per heavy atom. The molecule has 1 unspecified atom stereocenters. The maximum absolute atomic E-state index is 12.8. The Kier molecular flexibility index (Phi) is 5.59. The number of alkyl halides is 3. The Bertz CT molecular complexity index is 170. The van der Waals surface area contributed by atoms with Crippen molar-refractivity contribution in [1.82, 2.24) is 4.90 Å². The van der Waals surface area contributed by atoms with E-state index >= 15 is 0 Å². The molecule has 0 aromatic heterocycles. The maximum atomic E-state index is 12.8. The summed E-state index contributed by atoms with van der Waals surface area (Å²) in [7, 11) is 0. The summed E-state index contributed by atoms with van der Waals surface area (Å²) in [6.45, 7) is 7.15. The number of nitrogens with zero attached hydrogens (tertiary/aromatic N) is 1. The Morgan fingerprint density at radius 2 is 1.47 bits per heavy atom. The van der Waals surface area contributed by atoms with Crippen LogP contribution in [0.3, 0.4) is 0 Å². The van der Waals surface area contributed by atoms with Crippen LogP contribution in [0.2, 0.25) is 0 Å². The molecule has 0 fully saturated rings. The van der Waals surface area contributed by atoms with E-state index in [1.807, 2.05) is 0 Å². The number of nitrogens with two attached hydrogens (primary N) is 1. The highest BCUT2D eigenvalue weighted by atomic mass is 19.4. The van der Waals surface area contributed by atoms with Crippen LogP contribution in [-0.4, -0.2) is 35.7 Å². The number of hydrogen-bond acceptors (Lipinski definition) is 2. The summed E-state index contributed by atoms with van der Waals surface area (Å²) in [4.78, 5) is 1.47. The normalized spacial score (nSPS) is 15.4. The van der Waals surface area contributed by atoms with Crippen molar-refractivity contribution >= 4 is 0 Å². The lowest BCUT2D eigenvalue weighted by atomic mass is 10.1. The molecule has 0 saturated heterocycles. The van der Waals surface area contributed by atoms with E-state index in [2.05, 4.69) is 0 Å². The van der Waals surface area contributed by atoms with Crippen molar-refractivity contribution in [2.45, 2.75) is 58.4 Å². The summed E-state index contributed by atoms with van der Waals surface area (Å²) in [5.74, 6) is 0. The minimum absolute atomic E-state index is 0.0418. The van der Waals surface area contributed by atoms with Crippen molar-refractivity contribution in [3.63, 3.8) is 0 Å². The van der Waals surface area contributed by atoms with E-state index in [-0.39, 0.29) is 25.0 Å². The smallest absolute Gasteiger partial charge is 0.330 e. The van der Waals surface area contributed by atoms with Gasteiger partial charge in [-0.25, -0.2) is 0 Å². The number of halogens is 3. The molecule has 0 rings (SSSR count). The summed E-state index contributed by atoms with van der Waals surface area (Å²) in [6.07, 6.45) is -4.24. The lowest BCUT2D eigenvalue weighted by molar-refractivity contribution is -0.194. The average Bonchev–Trinajstić information content (AvgIpc) is 2.00. The van der Waals surface area contributed by atoms with Crippen molar-refractivity contribution < 1.29 is 13.2 Å². The molecule has 0 aliphatic heterocycles. The molecule has 0 spiro atoms. The van der Waals surface area contributed by atoms with Crippen LogP contribution in [0.1, 0.15) is 34.1 Å². The minimum Gasteiger partial charge on any atom is -0.330 e. The van der Waals surface area contributed by atoms with Crippen LogP contribution in [-0.2, 0) is 0 Å². The maximum Gasteiger partial charge on any atom is 0.404 e. The third kappa shape index (κ3) is 4.38. The zero-order valence-electron chi connectivity index (χ0n) is 9.80. The molecule has 0 aromatic rings. The van der Waals surface area contributed by atoms with Crippen LogP contribution >= 0.6 is 0 Å². The first-order valence-electron chi connectivity index (χ1n) is 5.26. The second-order valence-corrected chi connectivity index (χ2v) is 4.27. The molecule has 2 nitrogen and oxygen atoms in total. The van der Waals surface area contributed by atoms with Crippen LogP contribution in [0, 0.1) is 0 Å². The van der Waals surface area contributed by atoms with Crippen LogP contribution in [0.25, 0.3) is 0 Å². The highest BCUT2D eigenvalue weighted by Gasteiger charge is 2.44. The third-order valence-electron chi connectivity index (χ3n) is 2.37. The first-order valence-corrected chi connectivity index (χ1v) is 5.26. The number of rotatable bonds is 5. The number of hydrogen-bond donors (Lipinski definition) is 1. The van der Waals surface area contributed by atoms with Crippen molar-refractivity contribution in [2.75, 3.05) is 6.54 Å². The Morgan fingerprint density at radius 1 is 1.07 bits per heavy atom. The first kappa shape index (κ1) is 14.7. The van der Waals surface area contributed by atoms with Gasteiger partial charge in [0, 0.05) is 12.1 Å². The SMILES string of the molecule is CC(C)N(C(C)C)C(CCN)C(F)(F)F. The van der Waals surface area contributed by atoms with E-state index in [0.29, 0.717) is 0 Å². The third-order valence-corrected chi connectivity index (χ3v) is 2.37. The highest BCUT2D eigenvalue weighted by Crippen LogP contribution is 2.29. The molecule has 5 heteroatoms. The summed E-state index contributed by atoms with van der Waals surface area (Å²) < 4.78 is 38.3. The molecule has 0 saturated carbocycles. The van der Waals surface area contributed by atoms with E-state index in [1.54, 1.807) is 27.7 Å². The summed E-state index contributed by atoms with van der Waals surface area (Å²) >= 11 is 0.